The Bertz CT molecular complexity index is 2370. The Labute approximate surface area is 389 Å². The van der Waals surface area contributed by atoms with Crippen molar-refractivity contribution in [1.29, 1.82) is 0 Å². The van der Waals surface area contributed by atoms with Crippen molar-refractivity contribution in [2.24, 2.45) is 11.8 Å². The molecule has 0 unspecified atom stereocenters. The Hall–Kier alpha value is -4.69. The molecule has 20 heteroatoms. The molecule has 4 amide bonds. The van der Waals surface area contributed by atoms with E-state index in [1.54, 1.807) is 25.3 Å². The van der Waals surface area contributed by atoms with Gasteiger partial charge in [-0.3, -0.25) is 19.1 Å². The van der Waals surface area contributed by atoms with Gasteiger partial charge in [-0.15, -0.1) is 0 Å². The quantitative estimate of drug-likeness (QED) is 0.238. The number of halogens is 3. The molecule has 1 aromatic carbocycles. The number of rotatable bonds is 11. The van der Waals surface area contributed by atoms with Crippen molar-refractivity contribution >= 4 is 44.7 Å². The first kappa shape index (κ1) is 48.8. The average molecular weight is 961 g/mol. The molecule has 3 N–H and O–H groups in total. The van der Waals surface area contributed by atoms with Gasteiger partial charge < -0.3 is 39.4 Å². The van der Waals surface area contributed by atoms with Crippen molar-refractivity contribution in [3.8, 4) is 11.5 Å². The molecule has 8 rings (SSSR count). The molecule has 368 valence electrons. The number of nitrogens with one attached hydrogen (secondary N) is 3. The highest BCUT2D eigenvalue weighted by molar-refractivity contribution is 7.91. The Kier molecular flexibility index (Phi) is 13.8. The van der Waals surface area contributed by atoms with E-state index in [4.69, 9.17) is 18.9 Å². The number of ether oxygens (including phenoxy) is 4. The summed E-state index contributed by atoms with van der Waals surface area (Å²) in [5.41, 5.74) is -4.09. The number of hydrogen-bond donors (Lipinski definition) is 3. The SMILES string of the molecule is COCCN1CCC(Oc2ccc3nc(C(F)(F)F)c4c(c3c2)CC[C@]2(C[C@H]3C(=O)N[C@]5(C(=O)NS(=O)(=O)C6(C)CC6)C[C@H]5/C=C\CCCCC[C@H](NC(=O)OCC(C)C)C(=O)N3C2)O4)CC1. The molecule has 6 aliphatic rings. The van der Waals surface area contributed by atoms with Gasteiger partial charge in [-0.05, 0) is 95.2 Å². The number of hydrogen-bond acceptors (Lipinski definition) is 12. The summed E-state index contributed by atoms with van der Waals surface area (Å²) in [7, 11) is -2.45. The second-order valence-corrected chi connectivity index (χ2v) is 22.2. The first-order chi connectivity index (χ1) is 31.8. The first-order valence-electron chi connectivity index (χ1n) is 23.7. The minimum atomic E-state index is -4.95. The number of carbonyl (C=O) groups excluding carboxylic acids is 4. The van der Waals surface area contributed by atoms with Crippen LogP contribution in [0.15, 0.2) is 30.4 Å². The number of amides is 4. The van der Waals surface area contributed by atoms with Crippen molar-refractivity contribution < 1.29 is 59.7 Å². The number of methoxy groups -OCH3 is 1. The molecule has 4 fully saturated rings. The number of aromatic nitrogens is 1. The van der Waals surface area contributed by atoms with Gasteiger partial charge in [-0.25, -0.2) is 18.2 Å². The topological polar surface area (TPSA) is 195 Å². The monoisotopic (exact) mass is 960 g/mol. The molecule has 2 aromatic rings. The van der Waals surface area contributed by atoms with Crippen LogP contribution in [0.2, 0.25) is 0 Å². The number of allylic oxidation sites excluding steroid dienone is 1. The number of fused-ring (bicyclic) bond motifs is 5. The van der Waals surface area contributed by atoms with E-state index in [2.05, 4.69) is 25.2 Å². The second-order valence-electron chi connectivity index (χ2n) is 20.0. The van der Waals surface area contributed by atoms with Gasteiger partial charge in [0.05, 0.1) is 30.0 Å². The van der Waals surface area contributed by atoms with E-state index < -0.39 is 85.3 Å². The zero-order valence-corrected chi connectivity index (χ0v) is 39.5. The number of alkyl halides is 3. The number of carbonyl (C=O) groups is 4. The third-order valence-electron chi connectivity index (χ3n) is 14.3. The van der Waals surface area contributed by atoms with Crippen molar-refractivity contribution in [2.75, 3.05) is 46.5 Å². The van der Waals surface area contributed by atoms with Crippen LogP contribution >= 0.6 is 0 Å². The molecular formula is C47H63F3N6O10S. The predicted octanol–water partition coefficient (Wildman–Crippen LogP) is 5.55. The standard InChI is InChI=1S/C47H63F3N6O10S/c1-29(2)27-64-43(60)52-36-11-9-7-5-6-8-10-30-25-46(30,42(59)54-67(61,62)44(3)18-19-44)53-40(57)37-26-45(28-56(37)41(36)58)17-14-33-34-24-32(65-31-15-20-55(21-16-31)22-23-63-4)12-13-35(34)51-39(38(33)66-45)47(48,49)50/h8,10,12-13,24,29-31,36-37H,5-7,9,11,14-23,25-28H2,1-4H3,(H,52,60)(H,53,57)(H,54,59)/b10-8-/t30-,36+,37+,45-,46-/m1/s1. The van der Waals surface area contributed by atoms with Crippen LogP contribution in [-0.2, 0) is 46.5 Å². The summed E-state index contributed by atoms with van der Waals surface area (Å²) in [4.78, 5) is 64.4. The summed E-state index contributed by atoms with van der Waals surface area (Å²) in [6.45, 7) is 8.06. The highest BCUT2D eigenvalue weighted by Crippen LogP contribution is 2.51. The number of pyridine rings is 1. The van der Waals surface area contributed by atoms with Crippen LogP contribution in [0.5, 0.6) is 11.5 Å². The molecule has 0 bridgehead atoms. The minimum Gasteiger partial charge on any atom is -0.490 e. The Morgan fingerprint density at radius 3 is 2.52 bits per heavy atom. The molecule has 4 aliphatic heterocycles. The summed E-state index contributed by atoms with van der Waals surface area (Å²) >= 11 is 0. The number of sulfonamides is 1. The predicted molar refractivity (Wildman–Crippen MR) is 240 cm³/mol. The maximum Gasteiger partial charge on any atom is 0.437 e. The van der Waals surface area contributed by atoms with Crippen LogP contribution in [0.1, 0.15) is 109 Å². The fourth-order valence-electron chi connectivity index (χ4n) is 9.86. The highest BCUT2D eigenvalue weighted by Gasteiger charge is 2.64. The molecular weight excluding hydrogens is 898 g/mol. The lowest BCUT2D eigenvalue weighted by Crippen LogP contribution is -2.58. The lowest BCUT2D eigenvalue weighted by Gasteiger charge is -2.37. The summed E-state index contributed by atoms with van der Waals surface area (Å²) < 4.78 is 96.4. The summed E-state index contributed by atoms with van der Waals surface area (Å²) in [6.07, 6.45) is 2.69. The highest BCUT2D eigenvalue weighted by atomic mass is 32.2. The van der Waals surface area contributed by atoms with Crippen LogP contribution in [0.25, 0.3) is 10.9 Å². The molecule has 2 aliphatic carbocycles. The number of alkyl carbamates (subject to hydrolysis) is 1. The van der Waals surface area contributed by atoms with Gasteiger partial charge in [0.25, 0.3) is 5.91 Å². The van der Waals surface area contributed by atoms with Crippen LogP contribution in [0, 0.1) is 11.8 Å². The molecule has 67 heavy (non-hydrogen) atoms. The molecule has 5 heterocycles. The lowest BCUT2D eigenvalue weighted by molar-refractivity contribution is -0.144. The summed E-state index contributed by atoms with van der Waals surface area (Å²) in [5.74, 6) is -2.97. The van der Waals surface area contributed by atoms with Gasteiger partial charge in [0, 0.05) is 50.0 Å². The number of nitrogens with zero attached hydrogens (tertiary/aromatic N) is 3. The molecule has 0 radical (unpaired) electrons. The molecule has 5 atom stereocenters. The fourth-order valence-corrected chi connectivity index (χ4v) is 11.2. The van der Waals surface area contributed by atoms with Gasteiger partial charge in [-0.2, -0.15) is 13.2 Å². The number of likely N-dealkylation sites (tertiary alicyclic amines) is 1. The third kappa shape index (κ3) is 10.5. The van der Waals surface area contributed by atoms with Crippen LogP contribution < -0.4 is 24.8 Å². The number of piperidine rings is 1. The Morgan fingerprint density at radius 2 is 1.82 bits per heavy atom. The van der Waals surface area contributed by atoms with E-state index in [1.807, 2.05) is 19.9 Å². The van der Waals surface area contributed by atoms with E-state index in [1.165, 1.54) is 17.9 Å². The second kappa shape index (κ2) is 19.0. The van der Waals surface area contributed by atoms with Crippen molar-refractivity contribution in [3.05, 3.63) is 41.6 Å². The van der Waals surface area contributed by atoms with Crippen molar-refractivity contribution in [1.82, 2.24) is 30.1 Å². The van der Waals surface area contributed by atoms with Crippen LogP contribution in [0.4, 0.5) is 18.0 Å². The van der Waals surface area contributed by atoms with Gasteiger partial charge >= 0.3 is 12.3 Å². The summed E-state index contributed by atoms with van der Waals surface area (Å²) in [5, 5.41) is 5.93. The zero-order chi connectivity index (χ0) is 47.9. The van der Waals surface area contributed by atoms with Crippen LogP contribution in [-0.4, -0.2) is 128 Å². The maximum atomic E-state index is 15.1. The van der Waals surface area contributed by atoms with Gasteiger partial charge in [-0.1, -0.05) is 38.8 Å². The van der Waals surface area contributed by atoms with E-state index in [-0.39, 0.29) is 68.4 Å². The van der Waals surface area contributed by atoms with E-state index >= 15 is 13.2 Å². The van der Waals surface area contributed by atoms with Gasteiger partial charge in [0.15, 0.2) is 11.4 Å². The van der Waals surface area contributed by atoms with Crippen molar-refractivity contribution in [2.45, 2.75) is 144 Å². The lowest BCUT2D eigenvalue weighted by atomic mass is 9.87. The largest absolute Gasteiger partial charge is 0.490 e. The minimum absolute atomic E-state index is 0.000208. The number of aryl methyl sites for hydroxylation is 1. The zero-order valence-electron chi connectivity index (χ0n) is 38.7. The fraction of sp³-hybridized carbons (Fsp3) is 0.681. The molecule has 16 nitrogen and oxygen atoms in total. The van der Waals surface area contributed by atoms with E-state index in [0.717, 1.165) is 32.5 Å². The van der Waals surface area contributed by atoms with Crippen molar-refractivity contribution in [3.63, 3.8) is 0 Å². The van der Waals surface area contributed by atoms with Crippen LogP contribution in [0.3, 0.4) is 0 Å². The van der Waals surface area contributed by atoms with E-state index in [9.17, 15) is 27.6 Å². The first-order valence-corrected chi connectivity index (χ1v) is 25.1. The Balaban J connectivity index is 1.12. The third-order valence-corrected chi connectivity index (χ3v) is 16.5. The average Bonchev–Trinajstić information content (AvgIpc) is 4.17. The smallest absolute Gasteiger partial charge is 0.437 e. The van der Waals surface area contributed by atoms with E-state index in [0.29, 0.717) is 56.3 Å². The molecule has 2 saturated heterocycles. The molecule has 1 aromatic heterocycles. The normalized spacial score (nSPS) is 28.5. The van der Waals surface area contributed by atoms with Gasteiger partial charge in [0.1, 0.15) is 35.1 Å². The summed E-state index contributed by atoms with van der Waals surface area (Å²) in [6, 6.07) is 2.25. The Morgan fingerprint density at radius 1 is 1.06 bits per heavy atom. The van der Waals surface area contributed by atoms with Gasteiger partial charge in [0.2, 0.25) is 21.8 Å². The maximum absolute atomic E-state index is 15.1. The molecule has 2 saturated carbocycles. The number of benzene rings is 1. The molecule has 1 spiro atoms.